The Balaban J connectivity index is 1.57. The van der Waals surface area contributed by atoms with E-state index in [1.807, 2.05) is 42.5 Å². The number of nitrogens with zero attached hydrogens (tertiary/aromatic N) is 1. The van der Waals surface area contributed by atoms with Crippen molar-refractivity contribution in [3.05, 3.63) is 48.0 Å². The molecule has 5 heteroatoms. The Morgan fingerprint density at radius 2 is 2.00 bits per heavy atom. The summed E-state index contributed by atoms with van der Waals surface area (Å²) in [5, 5.41) is 3.17. The standard InChI is InChI=1S/C15H12N2O3/c1-2-6-12-11(5-1)17-15(20-12)16-8-10-4-3-7-13-14(10)19-9-18-13/h1-7H,8-9H2,(H,16,17). The lowest BCUT2D eigenvalue weighted by atomic mass is 10.2. The van der Waals surface area contributed by atoms with Crippen LogP contribution in [0.4, 0.5) is 6.01 Å². The van der Waals surface area contributed by atoms with Gasteiger partial charge in [0.15, 0.2) is 17.1 Å². The van der Waals surface area contributed by atoms with Crippen LogP contribution in [0.1, 0.15) is 5.56 Å². The molecule has 100 valence electrons. The molecule has 3 aromatic rings. The lowest BCUT2D eigenvalue weighted by Gasteiger charge is -2.05. The van der Waals surface area contributed by atoms with Crippen LogP contribution >= 0.6 is 0 Å². The third kappa shape index (κ3) is 1.84. The van der Waals surface area contributed by atoms with Gasteiger partial charge in [-0.25, -0.2) is 0 Å². The van der Waals surface area contributed by atoms with Gasteiger partial charge in [-0.3, -0.25) is 0 Å². The normalized spacial score (nSPS) is 12.8. The second-order valence-corrected chi connectivity index (χ2v) is 4.49. The van der Waals surface area contributed by atoms with Crippen LogP contribution in [-0.2, 0) is 6.54 Å². The molecule has 0 amide bonds. The van der Waals surface area contributed by atoms with Crippen molar-refractivity contribution < 1.29 is 13.9 Å². The molecule has 1 aromatic heterocycles. The zero-order chi connectivity index (χ0) is 13.4. The first kappa shape index (κ1) is 11.2. The minimum absolute atomic E-state index is 0.273. The summed E-state index contributed by atoms with van der Waals surface area (Å²) in [6.45, 7) is 0.842. The number of hydrogen-bond donors (Lipinski definition) is 1. The molecule has 1 aliphatic rings. The van der Waals surface area contributed by atoms with Crippen molar-refractivity contribution in [2.75, 3.05) is 12.1 Å². The van der Waals surface area contributed by atoms with Gasteiger partial charge in [0.25, 0.3) is 6.01 Å². The summed E-state index contributed by atoms with van der Waals surface area (Å²) in [6, 6.07) is 14.0. The van der Waals surface area contributed by atoms with E-state index in [0.29, 0.717) is 12.6 Å². The number of fused-ring (bicyclic) bond motifs is 2. The highest BCUT2D eigenvalue weighted by Crippen LogP contribution is 2.35. The maximum Gasteiger partial charge on any atom is 0.295 e. The topological polar surface area (TPSA) is 56.5 Å². The monoisotopic (exact) mass is 268 g/mol. The molecule has 2 heterocycles. The van der Waals surface area contributed by atoms with Crippen LogP contribution in [0.15, 0.2) is 46.9 Å². The van der Waals surface area contributed by atoms with E-state index in [1.54, 1.807) is 0 Å². The molecule has 0 unspecified atom stereocenters. The van der Waals surface area contributed by atoms with Crippen LogP contribution in [0, 0.1) is 0 Å². The number of oxazole rings is 1. The lowest BCUT2D eigenvalue weighted by molar-refractivity contribution is 0.173. The molecule has 0 atom stereocenters. The highest BCUT2D eigenvalue weighted by atomic mass is 16.7. The minimum atomic E-state index is 0.273. The van der Waals surface area contributed by atoms with Crippen LogP contribution in [0.5, 0.6) is 11.5 Å². The quantitative estimate of drug-likeness (QED) is 0.790. The summed E-state index contributed by atoms with van der Waals surface area (Å²) in [6.07, 6.45) is 0. The van der Waals surface area contributed by atoms with E-state index in [-0.39, 0.29) is 6.79 Å². The van der Waals surface area contributed by atoms with Gasteiger partial charge in [-0.2, -0.15) is 4.98 Å². The Hall–Kier alpha value is -2.69. The second kappa shape index (κ2) is 4.45. The number of ether oxygens (including phenoxy) is 2. The average molecular weight is 268 g/mol. The molecule has 0 radical (unpaired) electrons. The summed E-state index contributed by atoms with van der Waals surface area (Å²) in [7, 11) is 0. The number of rotatable bonds is 3. The van der Waals surface area contributed by atoms with Crippen molar-refractivity contribution in [2.24, 2.45) is 0 Å². The van der Waals surface area contributed by atoms with Gasteiger partial charge in [-0.05, 0) is 18.2 Å². The fourth-order valence-corrected chi connectivity index (χ4v) is 2.25. The van der Waals surface area contributed by atoms with E-state index in [1.165, 1.54) is 0 Å². The van der Waals surface area contributed by atoms with Crippen molar-refractivity contribution in [1.29, 1.82) is 0 Å². The number of nitrogens with one attached hydrogen (secondary N) is 1. The first-order valence-electron chi connectivity index (χ1n) is 6.37. The number of aromatic nitrogens is 1. The maximum absolute atomic E-state index is 5.61. The Kier molecular flexibility index (Phi) is 2.48. The van der Waals surface area contributed by atoms with Crippen LogP contribution in [0.2, 0.25) is 0 Å². The lowest BCUT2D eigenvalue weighted by Crippen LogP contribution is -2.01. The minimum Gasteiger partial charge on any atom is -0.454 e. The van der Waals surface area contributed by atoms with E-state index >= 15 is 0 Å². The Labute approximate surface area is 115 Å². The van der Waals surface area contributed by atoms with E-state index in [9.17, 15) is 0 Å². The largest absolute Gasteiger partial charge is 0.454 e. The molecule has 4 rings (SSSR count). The fourth-order valence-electron chi connectivity index (χ4n) is 2.25. The first-order chi connectivity index (χ1) is 9.90. The van der Waals surface area contributed by atoms with Gasteiger partial charge < -0.3 is 19.2 Å². The van der Waals surface area contributed by atoms with Crippen LogP contribution in [0.25, 0.3) is 11.1 Å². The van der Waals surface area contributed by atoms with Crippen LogP contribution < -0.4 is 14.8 Å². The fraction of sp³-hybridized carbons (Fsp3) is 0.133. The number of benzene rings is 2. The maximum atomic E-state index is 5.61. The van der Waals surface area contributed by atoms with Crippen LogP contribution in [0.3, 0.4) is 0 Å². The Bertz CT molecular complexity index is 734. The van der Waals surface area contributed by atoms with Gasteiger partial charge >= 0.3 is 0 Å². The van der Waals surface area contributed by atoms with E-state index in [0.717, 1.165) is 28.2 Å². The molecular weight excluding hydrogens is 256 g/mol. The highest BCUT2D eigenvalue weighted by molar-refractivity contribution is 5.74. The predicted molar refractivity (Wildman–Crippen MR) is 73.9 cm³/mol. The van der Waals surface area contributed by atoms with E-state index in [2.05, 4.69) is 10.3 Å². The molecule has 0 bridgehead atoms. The molecule has 0 fully saturated rings. The molecule has 2 aromatic carbocycles. The molecule has 0 spiro atoms. The summed E-state index contributed by atoms with van der Waals surface area (Å²) < 4.78 is 16.4. The molecule has 20 heavy (non-hydrogen) atoms. The second-order valence-electron chi connectivity index (χ2n) is 4.49. The molecule has 5 nitrogen and oxygen atoms in total. The Morgan fingerprint density at radius 3 is 2.95 bits per heavy atom. The summed E-state index contributed by atoms with van der Waals surface area (Å²) in [4.78, 5) is 4.37. The zero-order valence-corrected chi connectivity index (χ0v) is 10.6. The van der Waals surface area contributed by atoms with E-state index < -0.39 is 0 Å². The molecular formula is C15H12N2O3. The highest BCUT2D eigenvalue weighted by Gasteiger charge is 2.17. The van der Waals surface area contributed by atoms with Gasteiger partial charge in [0.05, 0.1) is 0 Å². The third-order valence-electron chi connectivity index (χ3n) is 3.20. The van der Waals surface area contributed by atoms with Gasteiger partial charge in [0, 0.05) is 12.1 Å². The summed E-state index contributed by atoms with van der Waals surface area (Å²) in [5.74, 6) is 1.57. The SMILES string of the molecule is c1cc(CNc2nc3ccccc3o2)c2c(c1)OCO2. The van der Waals surface area contributed by atoms with Crippen molar-refractivity contribution in [3.63, 3.8) is 0 Å². The molecule has 0 aliphatic carbocycles. The Morgan fingerprint density at radius 1 is 1.05 bits per heavy atom. The number of hydrogen-bond acceptors (Lipinski definition) is 5. The molecule has 0 saturated carbocycles. The summed E-state index contributed by atoms with van der Waals surface area (Å²) in [5.41, 5.74) is 2.63. The average Bonchev–Trinajstić information content (AvgIpc) is 3.11. The zero-order valence-electron chi connectivity index (χ0n) is 10.6. The van der Waals surface area contributed by atoms with Gasteiger partial charge in [0.2, 0.25) is 6.79 Å². The van der Waals surface area contributed by atoms with Gasteiger partial charge in [-0.15, -0.1) is 0 Å². The molecule has 1 aliphatic heterocycles. The van der Waals surface area contributed by atoms with Gasteiger partial charge in [-0.1, -0.05) is 24.3 Å². The van der Waals surface area contributed by atoms with Gasteiger partial charge in [0.1, 0.15) is 5.52 Å². The van der Waals surface area contributed by atoms with Crippen molar-refractivity contribution >= 4 is 17.1 Å². The number of anilines is 1. The van der Waals surface area contributed by atoms with Crippen LogP contribution in [-0.4, -0.2) is 11.8 Å². The third-order valence-corrected chi connectivity index (χ3v) is 3.20. The smallest absolute Gasteiger partial charge is 0.295 e. The predicted octanol–water partition coefficient (Wildman–Crippen LogP) is 3.17. The first-order valence-corrected chi connectivity index (χ1v) is 6.37. The molecule has 0 saturated heterocycles. The van der Waals surface area contributed by atoms with Crippen molar-refractivity contribution in [2.45, 2.75) is 6.54 Å². The van der Waals surface area contributed by atoms with Crippen molar-refractivity contribution in [3.8, 4) is 11.5 Å². The van der Waals surface area contributed by atoms with Crippen molar-refractivity contribution in [1.82, 2.24) is 4.98 Å². The molecule has 1 N–H and O–H groups in total. The number of para-hydroxylation sites is 3. The van der Waals surface area contributed by atoms with E-state index in [4.69, 9.17) is 13.9 Å². The summed E-state index contributed by atoms with van der Waals surface area (Å²) >= 11 is 0.